The van der Waals surface area contributed by atoms with E-state index in [2.05, 4.69) is 34.6 Å². The van der Waals surface area contributed by atoms with Gasteiger partial charge in [0.15, 0.2) is 0 Å². The van der Waals surface area contributed by atoms with Gasteiger partial charge < -0.3 is 10.6 Å². The summed E-state index contributed by atoms with van der Waals surface area (Å²) < 4.78 is 0. The molecular formula is C19H21N3O2. The van der Waals surface area contributed by atoms with Crippen molar-refractivity contribution in [1.82, 2.24) is 10.6 Å². The number of carbonyl (C=O) groups excluding carboxylic acids is 2. The fraction of sp³-hybridized carbons (Fsp3) is 0.368. The molecule has 1 aromatic rings. The second kappa shape index (κ2) is 7.69. The number of amides is 3. The SMILES string of the molecule is O=C(NCC#Cc1ccc(N2CCNC2=O)cc1)C1CC=CCC1. The van der Waals surface area contributed by atoms with Crippen molar-refractivity contribution in [3.63, 3.8) is 0 Å². The number of anilines is 1. The first-order valence-corrected chi connectivity index (χ1v) is 8.31. The molecule has 0 aromatic heterocycles. The highest BCUT2D eigenvalue weighted by Gasteiger charge is 2.20. The van der Waals surface area contributed by atoms with Crippen LogP contribution in [-0.2, 0) is 4.79 Å². The molecule has 1 heterocycles. The molecule has 1 aromatic carbocycles. The maximum Gasteiger partial charge on any atom is 0.321 e. The van der Waals surface area contributed by atoms with Crippen molar-refractivity contribution in [2.24, 2.45) is 5.92 Å². The zero-order valence-corrected chi connectivity index (χ0v) is 13.5. The highest BCUT2D eigenvalue weighted by Crippen LogP contribution is 2.18. The summed E-state index contributed by atoms with van der Waals surface area (Å²) in [6.45, 7) is 1.72. The van der Waals surface area contributed by atoms with Gasteiger partial charge in [-0.2, -0.15) is 0 Å². The lowest BCUT2D eigenvalue weighted by Gasteiger charge is -2.16. The molecule has 1 atom stereocenters. The van der Waals surface area contributed by atoms with Crippen LogP contribution in [-0.4, -0.2) is 31.6 Å². The first-order valence-electron chi connectivity index (χ1n) is 8.31. The molecule has 0 spiro atoms. The van der Waals surface area contributed by atoms with Crippen LogP contribution in [0.1, 0.15) is 24.8 Å². The first kappa shape index (κ1) is 16.1. The zero-order chi connectivity index (χ0) is 16.8. The van der Waals surface area contributed by atoms with Crippen LogP contribution < -0.4 is 15.5 Å². The van der Waals surface area contributed by atoms with Gasteiger partial charge in [-0.3, -0.25) is 9.69 Å². The van der Waals surface area contributed by atoms with Crippen molar-refractivity contribution in [2.45, 2.75) is 19.3 Å². The Kier molecular flexibility index (Phi) is 5.17. The number of carbonyl (C=O) groups is 2. The van der Waals surface area contributed by atoms with Gasteiger partial charge in [0.2, 0.25) is 5.91 Å². The van der Waals surface area contributed by atoms with E-state index in [0.29, 0.717) is 19.6 Å². The number of hydrogen-bond donors (Lipinski definition) is 2. The van der Waals surface area contributed by atoms with Crippen molar-refractivity contribution in [3.8, 4) is 11.8 Å². The van der Waals surface area contributed by atoms with Gasteiger partial charge in [-0.1, -0.05) is 24.0 Å². The molecule has 1 unspecified atom stereocenters. The summed E-state index contributed by atoms with van der Waals surface area (Å²) in [5.74, 6) is 6.18. The van der Waals surface area contributed by atoms with Crippen molar-refractivity contribution in [3.05, 3.63) is 42.0 Å². The Bertz CT molecular complexity index is 698. The van der Waals surface area contributed by atoms with Gasteiger partial charge in [0.25, 0.3) is 0 Å². The third-order valence-electron chi connectivity index (χ3n) is 4.26. The number of nitrogens with one attached hydrogen (secondary N) is 2. The van der Waals surface area contributed by atoms with E-state index >= 15 is 0 Å². The predicted octanol–water partition coefficient (Wildman–Crippen LogP) is 2.04. The van der Waals surface area contributed by atoms with Crippen molar-refractivity contribution < 1.29 is 9.59 Å². The van der Waals surface area contributed by atoms with E-state index in [-0.39, 0.29) is 17.9 Å². The van der Waals surface area contributed by atoms with Crippen LogP contribution in [0.15, 0.2) is 36.4 Å². The molecule has 5 heteroatoms. The smallest absolute Gasteiger partial charge is 0.321 e. The quantitative estimate of drug-likeness (QED) is 0.660. The standard InChI is InChI=1S/C19H21N3O2/c23-18(16-6-2-1-3-7-16)20-12-4-5-15-8-10-17(11-9-15)22-14-13-21-19(22)24/h1-2,8-11,16H,3,6-7,12-14H2,(H,20,23)(H,21,24). The molecule has 0 radical (unpaired) electrons. The topological polar surface area (TPSA) is 61.4 Å². The average Bonchev–Trinajstić information content (AvgIpc) is 3.06. The highest BCUT2D eigenvalue weighted by molar-refractivity contribution is 5.94. The second-order valence-corrected chi connectivity index (χ2v) is 5.93. The van der Waals surface area contributed by atoms with Crippen LogP contribution in [0.3, 0.4) is 0 Å². The van der Waals surface area contributed by atoms with E-state index in [1.54, 1.807) is 4.90 Å². The minimum atomic E-state index is -0.0610. The largest absolute Gasteiger partial charge is 0.345 e. The number of nitrogens with zero attached hydrogens (tertiary/aromatic N) is 1. The highest BCUT2D eigenvalue weighted by atomic mass is 16.2. The normalized spacial score (nSPS) is 19.4. The molecule has 2 N–H and O–H groups in total. The lowest BCUT2D eigenvalue weighted by molar-refractivity contribution is -0.124. The summed E-state index contributed by atoms with van der Waals surface area (Å²) in [5, 5.41) is 5.65. The Labute approximate surface area is 142 Å². The Balaban J connectivity index is 1.49. The van der Waals surface area contributed by atoms with Crippen molar-refractivity contribution in [1.29, 1.82) is 0 Å². The van der Waals surface area contributed by atoms with Crippen LogP contribution in [0, 0.1) is 17.8 Å². The van der Waals surface area contributed by atoms with E-state index < -0.39 is 0 Å². The van der Waals surface area contributed by atoms with E-state index in [1.807, 2.05) is 24.3 Å². The molecule has 124 valence electrons. The minimum absolute atomic E-state index is 0.0610. The number of rotatable bonds is 3. The first-order chi connectivity index (χ1) is 11.7. The van der Waals surface area contributed by atoms with Gasteiger partial charge >= 0.3 is 6.03 Å². The maximum absolute atomic E-state index is 12.0. The molecule has 0 saturated carbocycles. The molecule has 1 aliphatic carbocycles. The van der Waals surface area contributed by atoms with Gasteiger partial charge in [-0.15, -0.1) is 0 Å². The third kappa shape index (κ3) is 3.96. The van der Waals surface area contributed by atoms with Crippen LogP contribution in [0.25, 0.3) is 0 Å². The molecule has 1 aliphatic heterocycles. The molecule has 1 fully saturated rings. The van der Waals surface area contributed by atoms with Gasteiger partial charge in [-0.05, 0) is 43.5 Å². The fourth-order valence-electron chi connectivity index (χ4n) is 2.90. The fourth-order valence-corrected chi connectivity index (χ4v) is 2.90. The molecule has 3 amide bonds. The Morgan fingerprint density at radius 3 is 2.79 bits per heavy atom. The number of allylic oxidation sites excluding steroid dienone is 2. The molecular weight excluding hydrogens is 302 g/mol. The van der Waals surface area contributed by atoms with Crippen molar-refractivity contribution >= 4 is 17.6 Å². The Morgan fingerprint density at radius 1 is 1.29 bits per heavy atom. The molecule has 5 nitrogen and oxygen atoms in total. The number of benzene rings is 1. The Morgan fingerprint density at radius 2 is 2.12 bits per heavy atom. The second-order valence-electron chi connectivity index (χ2n) is 5.93. The van der Waals surface area contributed by atoms with Crippen LogP contribution in [0.4, 0.5) is 10.5 Å². The Hall–Kier alpha value is -2.74. The average molecular weight is 323 g/mol. The van der Waals surface area contributed by atoms with Gasteiger partial charge in [0.1, 0.15) is 0 Å². The summed E-state index contributed by atoms with van der Waals surface area (Å²) in [5.41, 5.74) is 1.74. The van der Waals surface area contributed by atoms with Crippen LogP contribution in [0.2, 0.25) is 0 Å². The summed E-state index contributed by atoms with van der Waals surface area (Å²) >= 11 is 0. The predicted molar refractivity (Wildman–Crippen MR) is 93.6 cm³/mol. The van der Waals surface area contributed by atoms with E-state index in [9.17, 15) is 9.59 Å². The van der Waals surface area contributed by atoms with E-state index in [1.165, 1.54) is 0 Å². The molecule has 24 heavy (non-hydrogen) atoms. The lowest BCUT2D eigenvalue weighted by atomic mass is 9.94. The maximum atomic E-state index is 12.0. The summed E-state index contributed by atoms with van der Waals surface area (Å²) in [4.78, 5) is 25.3. The van der Waals surface area contributed by atoms with Gasteiger partial charge in [0, 0.05) is 30.3 Å². The van der Waals surface area contributed by atoms with E-state index in [4.69, 9.17) is 0 Å². The summed E-state index contributed by atoms with van der Waals surface area (Å²) in [6.07, 6.45) is 6.91. The summed E-state index contributed by atoms with van der Waals surface area (Å²) in [6, 6.07) is 7.50. The van der Waals surface area contributed by atoms with Crippen molar-refractivity contribution in [2.75, 3.05) is 24.5 Å². The van der Waals surface area contributed by atoms with Gasteiger partial charge in [0.05, 0.1) is 6.54 Å². The van der Waals surface area contributed by atoms with Crippen LogP contribution in [0.5, 0.6) is 0 Å². The monoisotopic (exact) mass is 323 g/mol. The minimum Gasteiger partial charge on any atom is -0.345 e. The molecule has 0 bridgehead atoms. The molecule has 1 saturated heterocycles. The number of urea groups is 1. The van der Waals surface area contributed by atoms with E-state index in [0.717, 1.165) is 30.5 Å². The van der Waals surface area contributed by atoms with Crippen LogP contribution >= 0.6 is 0 Å². The summed E-state index contributed by atoms with van der Waals surface area (Å²) in [7, 11) is 0. The number of hydrogen-bond acceptors (Lipinski definition) is 2. The zero-order valence-electron chi connectivity index (χ0n) is 13.5. The molecule has 2 aliphatic rings. The lowest BCUT2D eigenvalue weighted by Crippen LogP contribution is -2.31. The third-order valence-corrected chi connectivity index (χ3v) is 4.26. The molecule has 3 rings (SSSR count). The van der Waals surface area contributed by atoms with Gasteiger partial charge in [-0.25, -0.2) is 4.79 Å².